The number of likely N-dealkylation sites (tertiary alicyclic amines) is 1. The monoisotopic (exact) mass is 423 g/mol. The third-order valence-electron chi connectivity index (χ3n) is 4.85. The van der Waals surface area contributed by atoms with Gasteiger partial charge in [0.1, 0.15) is 5.82 Å². The van der Waals surface area contributed by atoms with E-state index in [1.165, 1.54) is 25.0 Å². The molecule has 1 aliphatic rings. The number of nitrogens with one attached hydrogen (secondary N) is 2. The Bertz CT molecular complexity index is 808. The van der Waals surface area contributed by atoms with E-state index in [0.29, 0.717) is 6.54 Å². The Balaban J connectivity index is 1.60. The summed E-state index contributed by atoms with van der Waals surface area (Å²) in [5.74, 6) is -2.11. The predicted octanol–water partition coefficient (Wildman–Crippen LogP) is 4.21. The van der Waals surface area contributed by atoms with Crippen molar-refractivity contribution in [2.45, 2.75) is 31.7 Å². The lowest BCUT2D eigenvalue weighted by molar-refractivity contribution is -0.136. The largest absolute Gasteiger partial charge is 0.346 e. The quantitative estimate of drug-likeness (QED) is 0.708. The van der Waals surface area contributed by atoms with E-state index in [1.807, 2.05) is 5.38 Å². The minimum atomic E-state index is -0.803. The molecule has 1 unspecified atom stereocenters. The van der Waals surface area contributed by atoms with Crippen LogP contribution in [0.2, 0.25) is 5.02 Å². The minimum absolute atomic E-state index is 0.0429. The molecule has 2 N–H and O–H groups in total. The van der Waals surface area contributed by atoms with Crippen molar-refractivity contribution in [2.24, 2.45) is 0 Å². The molecule has 0 spiro atoms. The van der Waals surface area contributed by atoms with Gasteiger partial charge >= 0.3 is 11.8 Å². The molecule has 2 heterocycles. The fourth-order valence-electron chi connectivity index (χ4n) is 3.36. The van der Waals surface area contributed by atoms with Gasteiger partial charge in [0.25, 0.3) is 0 Å². The van der Waals surface area contributed by atoms with Crippen LogP contribution < -0.4 is 10.6 Å². The van der Waals surface area contributed by atoms with Crippen molar-refractivity contribution in [1.29, 1.82) is 0 Å². The third kappa shape index (κ3) is 5.53. The Morgan fingerprint density at radius 3 is 2.54 bits per heavy atom. The maximum Gasteiger partial charge on any atom is 0.313 e. The number of anilines is 1. The minimum Gasteiger partial charge on any atom is -0.346 e. The van der Waals surface area contributed by atoms with Gasteiger partial charge < -0.3 is 10.6 Å². The Hall–Kier alpha value is -1.96. The van der Waals surface area contributed by atoms with Crippen LogP contribution in [-0.2, 0) is 9.59 Å². The number of carbonyl (C=O) groups excluding carboxylic acids is 2. The van der Waals surface area contributed by atoms with E-state index in [2.05, 4.69) is 27.0 Å². The number of halogens is 2. The number of rotatable bonds is 5. The summed E-state index contributed by atoms with van der Waals surface area (Å²) in [4.78, 5) is 26.8. The summed E-state index contributed by atoms with van der Waals surface area (Å²) in [6.45, 7) is 2.32. The summed E-state index contributed by atoms with van der Waals surface area (Å²) in [5, 5.41) is 9.18. The maximum atomic E-state index is 13.2. The summed E-state index contributed by atoms with van der Waals surface area (Å²) in [6.07, 6.45) is 4.73. The number of benzene rings is 1. The van der Waals surface area contributed by atoms with Gasteiger partial charge in [-0.15, -0.1) is 0 Å². The van der Waals surface area contributed by atoms with E-state index in [4.69, 9.17) is 11.6 Å². The van der Waals surface area contributed by atoms with Gasteiger partial charge in [0, 0.05) is 12.2 Å². The molecule has 0 radical (unpaired) electrons. The molecule has 5 nitrogen and oxygen atoms in total. The molecule has 0 aliphatic carbocycles. The lowest BCUT2D eigenvalue weighted by Gasteiger charge is -2.30. The molecule has 150 valence electrons. The zero-order chi connectivity index (χ0) is 19.9. The van der Waals surface area contributed by atoms with Gasteiger partial charge in [0.05, 0.1) is 11.1 Å². The molecule has 28 heavy (non-hydrogen) atoms. The first-order valence-electron chi connectivity index (χ1n) is 9.35. The number of hydrogen-bond acceptors (Lipinski definition) is 4. The van der Waals surface area contributed by atoms with Crippen LogP contribution in [0.3, 0.4) is 0 Å². The Morgan fingerprint density at radius 1 is 1.14 bits per heavy atom. The van der Waals surface area contributed by atoms with E-state index < -0.39 is 17.6 Å². The SMILES string of the molecule is O=C(NCC(c1ccsc1)N1CCCCCC1)C(=O)Nc1ccc(F)c(Cl)c1. The van der Waals surface area contributed by atoms with Crippen LogP contribution in [0.4, 0.5) is 10.1 Å². The molecule has 2 aromatic rings. The van der Waals surface area contributed by atoms with Crippen LogP contribution in [-0.4, -0.2) is 36.3 Å². The Kier molecular flexibility index (Phi) is 7.42. The third-order valence-corrected chi connectivity index (χ3v) is 5.84. The molecule has 0 saturated carbocycles. The zero-order valence-corrected chi connectivity index (χ0v) is 17.0. The highest BCUT2D eigenvalue weighted by atomic mass is 35.5. The van der Waals surface area contributed by atoms with Crippen LogP contribution in [0.1, 0.15) is 37.3 Å². The van der Waals surface area contributed by atoms with Crippen molar-refractivity contribution in [3.63, 3.8) is 0 Å². The van der Waals surface area contributed by atoms with Crippen molar-refractivity contribution in [3.8, 4) is 0 Å². The van der Waals surface area contributed by atoms with Crippen LogP contribution in [0, 0.1) is 5.82 Å². The van der Waals surface area contributed by atoms with Crippen molar-refractivity contribution < 1.29 is 14.0 Å². The maximum absolute atomic E-state index is 13.2. The number of amides is 2. The molecule has 1 fully saturated rings. The van der Waals surface area contributed by atoms with Gasteiger partial charge in [-0.1, -0.05) is 24.4 Å². The molecular weight excluding hydrogens is 401 g/mol. The predicted molar refractivity (Wildman–Crippen MR) is 110 cm³/mol. The second-order valence-corrected chi connectivity index (χ2v) is 8.00. The number of hydrogen-bond donors (Lipinski definition) is 2. The van der Waals surface area contributed by atoms with Gasteiger partial charge in [-0.05, 0) is 66.5 Å². The molecular formula is C20H23ClFN3O2S. The Labute approximate surface area is 172 Å². The van der Waals surface area contributed by atoms with E-state index >= 15 is 0 Å². The molecule has 1 aliphatic heterocycles. The second-order valence-electron chi connectivity index (χ2n) is 6.82. The van der Waals surface area contributed by atoms with Gasteiger partial charge in [-0.2, -0.15) is 11.3 Å². The highest BCUT2D eigenvalue weighted by Gasteiger charge is 2.24. The molecule has 1 saturated heterocycles. The van der Waals surface area contributed by atoms with Crippen molar-refractivity contribution >= 4 is 40.4 Å². The first-order valence-corrected chi connectivity index (χ1v) is 10.7. The number of thiophene rings is 1. The summed E-state index contributed by atoms with van der Waals surface area (Å²) >= 11 is 7.32. The molecule has 1 atom stereocenters. The van der Waals surface area contributed by atoms with Gasteiger partial charge in [0.15, 0.2) is 0 Å². The molecule has 8 heteroatoms. The standard InChI is InChI=1S/C20H23ClFN3O2S/c21-16-11-15(5-6-17(16)22)24-20(27)19(26)23-12-18(14-7-10-28-13-14)25-8-3-1-2-4-9-25/h5-7,10-11,13,18H,1-4,8-9,12H2,(H,23,26)(H,24,27). The van der Waals surface area contributed by atoms with Crippen LogP contribution >= 0.6 is 22.9 Å². The van der Waals surface area contributed by atoms with Gasteiger partial charge in [-0.3, -0.25) is 14.5 Å². The molecule has 1 aromatic carbocycles. The second kappa shape index (κ2) is 10.0. The average Bonchev–Trinajstić information content (AvgIpc) is 3.07. The summed E-state index contributed by atoms with van der Waals surface area (Å²) in [5.41, 5.74) is 1.42. The lowest BCUT2D eigenvalue weighted by atomic mass is 10.1. The average molecular weight is 424 g/mol. The number of nitrogens with zero attached hydrogens (tertiary/aromatic N) is 1. The molecule has 2 amide bonds. The Morgan fingerprint density at radius 2 is 1.89 bits per heavy atom. The summed E-state index contributed by atoms with van der Waals surface area (Å²) in [7, 11) is 0. The van der Waals surface area contributed by atoms with Crippen molar-refractivity contribution in [3.05, 3.63) is 51.4 Å². The highest BCUT2D eigenvalue weighted by molar-refractivity contribution is 7.08. The lowest BCUT2D eigenvalue weighted by Crippen LogP contribution is -2.42. The van der Waals surface area contributed by atoms with Crippen LogP contribution in [0.15, 0.2) is 35.0 Å². The smallest absolute Gasteiger partial charge is 0.313 e. The molecule has 3 rings (SSSR count). The van der Waals surface area contributed by atoms with E-state index in [9.17, 15) is 14.0 Å². The van der Waals surface area contributed by atoms with E-state index in [0.717, 1.165) is 37.6 Å². The van der Waals surface area contributed by atoms with E-state index in [1.54, 1.807) is 11.3 Å². The summed E-state index contributed by atoms with van der Waals surface area (Å²) < 4.78 is 13.2. The van der Waals surface area contributed by atoms with Gasteiger partial charge in [0.2, 0.25) is 0 Å². The van der Waals surface area contributed by atoms with Crippen molar-refractivity contribution in [1.82, 2.24) is 10.2 Å². The van der Waals surface area contributed by atoms with Crippen LogP contribution in [0.25, 0.3) is 0 Å². The summed E-state index contributed by atoms with van der Waals surface area (Å²) in [6, 6.07) is 5.88. The molecule has 0 bridgehead atoms. The van der Waals surface area contributed by atoms with Crippen molar-refractivity contribution in [2.75, 3.05) is 25.0 Å². The normalized spacial score (nSPS) is 16.2. The zero-order valence-electron chi connectivity index (χ0n) is 15.4. The fraction of sp³-hybridized carbons (Fsp3) is 0.400. The number of carbonyl (C=O) groups is 2. The topological polar surface area (TPSA) is 61.4 Å². The van der Waals surface area contributed by atoms with Crippen LogP contribution in [0.5, 0.6) is 0 Å². The molecule has 1 aromatic heterocycles. The first-order chi connectivity index (χ1) is 13.5. The highest BCUT2D eigenvalue weighted by Crippen LogP contribution is 2.25. The first kappa shape index (κ1) is 20.8. The van der Waals surface area contributed by atoms with Gasteiger partial charge in [-0.25, -0.2) is 4.39 Å². The van der Waals surface area contributed by atoms with E-state index in [-0.39, 0.29) is 16.8 Å². The fourth-order valence-corrected chi connectivity index (χ4v) is 4.25.